The molecule has 20 heavy (non-hydrogen) atoms. The SMILES string of the molecule is CC(C)CC(C)OCCC(=O)NCC1CCCNC1.Cl. The second-order valence-corrected chi connectivity index (χ2v) is 6.08. The van der Waals surface area contributed by atoms with Crippen molar-refractivity contribution < 1.29 is 9.53 Å². The molecule has 0 spiro atoms. The molecule has 1 rings (SSSR count). The van der Waals surface area contributed by atoms with Crippen LogP contribution >= 0.6 is 12.4 Å². The van der Waals surface area contributed by atoms with Gasteiger partial charge in [-0.15, -0.1) is 12.4 Å². The molecule has 0 radical (unpaired) electrons. The largest absolute Gasteiger partial charge is 0.378 e. The van der Waals surface area contributed by atoms with Gasteiger partial charge in [0.2, 0.25) is 5.91 Å². The highest BCUT2D eigenvalue weighted by Gasteiger charge is 2.14. The first-order valence-electron chi connectivity index (χ1n) is 7.67. The van der Waals surface area contributed by atoms with Crippen LogP contribution < -0.4 is 10.6 Å². The third-order valence-electron chi connectivity index (χ3n) is 3.52. The first-order chi connectivity index (χ1) is 9.08. The molecule has 120 valence electrons. The van der Waals surface area contributed by atoms with Crippen LogP contribution in [0.3, 0.4) is 0 Å². The molecule has 1 aliphatic heterocycles. The molecule has 0 aromatic heterocycles. The van der Waals surface area contributed by atoms with Crippen LogP contribution in [0, 0.1) is 11.8 Å². The monoisotopic (exact) mass is 306 g/mol. The molecule has 1 saturated heterocycles. The first-order valence-corrected chi connectivity index (χ1v) is 7.67. The van der Waals surface area contributed by atoms with Crippen LogP contribution in [0.4, 0.5) is 0 Å². The Kier molecular flexibility index (Phi) is 11.2. The molecule has 0 aliphatic carbocycles. The lowest BCUT2D eigenvalue weighted by Crippen LogP contribution is -2.38. The molecule has 0 bridgehead atoms. The second kappa shape index (κ2) is 11.4. The Bertz CT molecular complexity index is 256. The molecule has 1 aliphatic rings. The summed E-state index contributed by atoms with van der Waals surface area (Å²) in [6.45, 7) is 9.92. The van der Waals surface area contributed by atoms with Crippen LogP contribution in [0.15, 0.2) is 0 Å². The van der Waals surface area contributed by atoms with Gasteiger partial charge in [0, 0.05) is 13.0 Å². The normalized spacial score (nSPS) is 20.3. The van der Waals surface area contributed by atoms with E-state index < -0.39 is 0 Å². The maximum absolute atomic E-state index is 11.7. The van der Waals surface area contributed by atoms with Gasteiger partial charge in [-0.1, -0.05) is 13.8 Å². The molecule has 5 heteroatoms. The summed E-state index contributed by atoms with van der Waals surface area (Å²) in [5, 5.41) is 6.37. The van der Waals surface area contributed by atoms with Crippen molar-refractivity contribution in [1.82, 2.24) is 10.6 Å². The molecule has 1 amide bonds. The van der Waals surface area contributed by atoms with Crippen LogP contribution in [0.2, 0.25) is 0 Å². The zero-order chi connectivity index (χ0) is 14.1. The van der Waals surface area contributed by atoms with Gasteiger partial charge in [0.1, 0.15) is 0 Å². The minimum absolute atomic E-state index is 0. The van der Waals surface area contributed by atoms with Crippen LogP contribution in [0.1, 0.15) is 46.5 Å². The summed E-state index contributed by atoms with van der Waals surface area (Å²) in [7, 11) is 0. The van der Waals surface area contributed by atoms with E-state index in [9.17, 15) is 4.79 Å². The van der Waals surface area contributed by atoms with E-state index in [2.05, 4.69) is 31.4 Å². The highest BCUT2D eigenvalue weighted by molar-refractivity contribution is 5.85. The van der Waals surface area contributed by atoms with Gasteiger partial charge in [0.15, 0.2) is 0 Å². The predicted octanol–water partition coefficient (Wildman–Crippen LogP) is 2.37. The number of piperidine rings is 1. The van der Waals surface area contributed by atoms with Gasteiger partial charge in [0.05, 0.1) is 12.7 Å². The second-order valence-electron chi connectivity index (χ2n) is 6.08. The van der Waals surface area contributed by atoms with Crippen LogP contribution in [-0.2, 0) is 9.53 Å². The van der Waals surface area contributed by atoms with Gasteiger partial charge >= 0.3 is 0 Å². The minimum atomic E-state index is 0. The Balaban J connectivity index is 0.00000361. The zero-order valence-electron chi connectivity index (χ0n) is 13.1. The smallest absolute Gasteiger partial charge is 0.222 e. The summed E-state index contributed by atoms with van der Waals surface area (Å²) in [6.07, 6.45) is 4.21. The average molecular weight is 307 g/mol. The Morgan fingerprint density at radius 3 is 2.75 bits per heavy atom. The molecule has 0 saturated carbocycles. The number of rotatable bonds is 8. The molecule has 4 nitrogen and oxygen atoms in total. The fraction of sp³-hybridized carbons (Fsp3) is 0.933. The maximum Gasteiger partial charge on any atom is 0.222 e. The van der Waals surface area contributed by atoms with E-state index in [0.717, 1.165) is 26.1 Å². The van der Waals surface area contributed by atoms with Gasteiger partial charge in [-0.3, -0.25) is 4.79 Å². The third kappa shape index (κ3) is 9.56. The van der Waals surface area contributed by atoms with Crippen molar-refractivity contribution in [3.8, 4) is 0 Å². The summed E-state index contributed by atoms with van der Waals surface area (Å²) >= 11 is 0. The fourth-order valence-corrected chi connectivity index (χ4v) is 2.53. The van der Waals surface area contributed by atoms with Gasteiger partial charge in [-0.25, -0.2) is 0 Å². The topological polar surface area (TPSA) is 50.4 Å². The van der Waals surface area contributed by atoms with Crippen molar-refractivity contribution in [3.63, 3.8) is 0 Å². The summed E-state index contributed by atoms with van der Waals surface area (Å²) in [6, 6.07) is 0. The van der Waals surface area contributed by atoms with Gasteiger partial charge in [-0.2, -0.15) is 0 Å². The van der Waals surface area contributed by atoms with Crippen LogP contribution in [0.25, 0.3) is 0 Å². The lowest BCUT2D eigenvalue weighted by Gasteiger charge is -2.23. The number of hydrogen-bond donors (Lipinski definition) is 2. The third-order valence-corrected chi connectivity index (χ3v) is 3.52. The van der Waals surface area contributed by atoms with E-state index in [1.165, 1.54) is 12.8 Å². The van der Waals surface area contributed by atoms with Crippen molar-refractivity contribution in [3.05, 3.63) is 0 Å². The van der Waals surface area contributed by atoms with Crippen molar-refractivity contribution in [2.45, 2.75) is 52.6 Å². The maximum atomic E-state index is 11.7. The number of nitrogens with one attached hydrogen (secondary N) is 2. The summed E-state index contributed by atoms with van der Waals surface area (Å²) < 4.78 is 5.64. The number of halogens is 1. The van der Waals surface area contributed by atoms with Gasteiger partial charge < -0.3 is 15.4 Å². The molecule has 1 fully saturated rings. The number of amides is 1. The summed E-state index contributed by atoms with van der Waals surface area (Å²) in [4.78, 5) is 11.7. The lowest BCUT2D eigenvalue weighted by molar-refractivity contribution is -0.122. The van der Waals surface area contributed by atoms with E-state index in [0.29, 0.717) is 24.9 Å². The lowest BCUT2D eigenvalue weighted by atomic mass is 10.00. The van der Waals surface area contributed by atoms with E-state index in [1.807, 2.05) is 0 Å². The minimum Gasteiger partial charge on any atom is -0.378 e. The van der Waals surface area contributed by atoms with Gasteiger partial charge in [-0.05, 0) is 51.1 Å². The molecule has 1 heterocycles. The van der Waals surface area contributed by atoms with Crippen molar-refractivity contribution >= 4 is 18.3 Å². The molecule has 2 N–H and O–H groups in total. The van der Waals surface area contributed by atoms with E-state index in [1.54, 1.807) is 0 Å². The quantitative estimate of drug-likeness (QED) is 0.724. The molecule has 2 unspecified atom stereocenters. The highest BCUT2D eigenvalue weighted by Crippen LogP contribution is 2.09. The molecule has 0 aromatic rings. The predicted molar refractivity (Wildman–Crippen MR) is 85.3 cm³/mol. The van der Waals surface area contributed by atoms with E-state index in [4.69, 9.17) is 4.74 Å². The highest BCUT2D eigenvalue weighted by atomic mass is 35.5. The molecule has 2 atom stereocenters. The first kappa shape index (κ1) is 19.7. The van der Waals surface area contributed by atoms with Crippen molar-refractivity contribution in [1.29, 1.82) is 0 Å². The Labute approximate surface area is 129 Å². The zero-order valence-corrected chi connectivity index (χ0v) is 13.9. The van der Waals surface area contributed by atoms with Crippen molar-refractivity contribution in [2.24, 2.45) is 11.8 Å². The van der Waals surface area contributed by atoms with Crippen molar-refractivity contribution in [2.75, 3.05) is 26.2 Å². The molecular formula is C15H31ClN2O2. The molecular weight excluding hydrogens is 276 g/mol. The van der Waals surface area contributed by atoms with E-state index in [-0.39, 0.29) is 24.4 Å². The molecule has 0 aromatic carbocycles. The average Bonchev–Trinajstić information content (AvgIpc) is 2.36. The summed E-state index contributed by atoms with van der Waals surface area (Å²) in [5.74, 6) is 1.35. The van der Waals surface area contributed by atoms with Crippen LogP contribution in [0.5, 0.6) is 0 Å². The Morgan fingerprint density at radius 1 is 1.40 bits per heavy atom. The van der Waals surface area contributed by atoms with Gasteiger partial charge in [0.25, 0.3) is 0 Å². The number of hydrogen-bond acceptors (Lipinski definition) is 3. The van der Waals surface area contributed by atoms with Crippen LogP contribution in [-0.4, -0.2) is 38.3 Å². The number of ether oxygens (including phenoxy) is 1. The Hall–Kier alpha value is -0.320. The van der Waals surface area contributed by atoms with E-state index >= 15 is 0 Å². The number of carbonyl (C=O) groups is 1. The fourth-order valence-electron chi connectivity index (χ4n) is 2.53. The number of carbonyl (C=O) groups excluding carboxylic acids is 1. The summed E-state index contributed by atoms with van der Waals surface area (Å²) in [5.41, 5.74) is 0. The Morgan fingerprint density at radius 2 is 2.15 bits per heavy atom. The standard InChI is InChI=1S/C15H30N2O2.ClH/c1-12(2)9-13(3)19-8-6-15(18)17-11-14-5-4-7-16-10-14;/h12-14,16H,4-11H2,1-3H3,(H,17,18);1H.